The lowest BCUT2D eigenvalue weighted by Gasteiger charge is -2.26. The number of aliphatic carboxylic acids is 1. The zero-order valence-electron chi connectivity index (χ0n) is 14.0. The van der Waals surface area contributed by atoms with Gasteiger partial charge in [-0.15, -0.1) is 0 Å². The number of carboxylic acid groups (broad SMARTS) is 1. The number of anilines is 1. The van der Waals surface area contributed by atoms with E-state index in [0.29, 0.717) is 25.2 Å². The van der Waals surface area contributed by atoms with Crippen LogP contribution in [0.2, 0.25) is 0 Å². The van der Waals surface area contributed by atoms with Crippen LogP contribution < -0.4 is 5.32 Å². The van der Waals surface area contributed by atoms with Crippen molar-refractivity contribution in [3.8, 4) is 0 Å². The van der Waals surface area contributed by atoms with E-state index in [-0.39, 0.29) is 11.8 Å². The number of nitrogens with zero attached hydrogens (tertiary/aromatic N) is 1. The van der Waals surface area contributed by atoms with Crippen LogP contribution >= 0.6 is 0 Å². The highest BCUT2D eigenvalue weighted by Crippen LogP contribution is 2.49. The van der Waals surface area contributed by atoms with Gasteiger partial charge in [0.05, 0.1) is 11.5 Å². The topological polar surface area (TPSA) is 69.6 Å². The summed E-state index contributed by atoms with van der Waals surface area (Å²) in [6, 6.07) is 3.83. The first-order valence-corrected chi connectivity index (χ1v) is 8.38. The van der Waals surface area contributed by atoms with Crippen molar-refractivity contribution >= 4 is 17.6 Å². The number of carbonyl (C=O) groups excluding carboxylic acids is 1. The highest BCUT2D eigenvalue weighted by Gasteiger charge is 2.55. The van der Waals surface area contributed by atoms with Crippen molar-refractivity contribution in [1.82, 2.24) is 4.90 Å². The van der Waals surface area contributed by atoms with Crippen molar-refractivity contribution in [1.29, 1.82) is 0 Å². The normalized spacial score (nSPS) is 27.7. The Morgan fingerprint density at radius 1 is 1.46 bits per heavy atom. The van der Waals surface area contributed by atoms with Gasteiger partial charge in [-0.3, -0.25) is 14.5 Å². The van der Waals surface area contributed by atoms with Crippen molar-refractivity contribution < 1.29 is 19.1 Å². The summed E-state index contributed by atoms with van der Waals surface area (Å²) in [4.78, 5) is 26.2. The molecule has 1 unspecified atom stereocenters. The summed E-state index contributed by atoms with van der Waals surface area (Å²) in [6.45, 7) is 4.62. The number of carbonyl (C=O) groups is 2. The van der Waals surface area contributed by atoms with Gasteiger partial charge in [0.1, 0.15) is 5.82 Å². The number of hydrogen-bond donors (Lipinski definition) is 2. The van der Waals surface area contributed by atoms with E-state index in [1.807, 2.05) is 4.90 Å². The number of rotatable bonds is 4. The van der Waals surface area contributed by atoms with E-state index < -0.39 is 23.2 Å². The van der Waals surface area contributed by atoms with Crippen LogP contribution in [-0.2, 0) is 9.59 Å². The molecule has 2 aliphatic rings. The zero-order chi connectivity index (χ0) is 17.5. The molecule has 3 atom stereocenters. The van der Waals surface area contributed by atoms with Gasteiger partial charge in [0, 0.05) is 18.8 Å². The van der Waals surface area contributed by atoms with Crippen molar-refractivity contribution in [3.63, 3.8) is 0 Å². The van der Waals surface area contributed by atoms with E-state index in [4.69, 9.17) is 0 Å². The molecule has 1 saturated heterocycles. The summed E-state index contributed by atoms with van der Waals surface area (Å²) in [6.07, 6.45) is 2.52. The fraction of sp³-hybridized carbons (Fsp3) is 0.556. The molecule has 2 N–H and O–H groups in total. The molecule has 24 heavy (non-hydrogen) atoms. The van der Waals surface area contributed by atoms with Gasteiger partial charge in [-0.25, -0.2) is 4.39 Å². The maximum absolute atomic E-state index is 13.4. The summed E-state index contributed by atoms with van der Waals surface area (Å²) in [5, 5.41) is 12.4. The van der Waals surface area contributed by atoms with Gasteiger partial charge in [-0.2, -0.15) is 0 Å². The smallest absolute Gasteiger partial charge is 0.311 e. The molecule has 3 rings (SSSR count). The predicted molar refractivity (Wildman–Crippen MR) is 88.2 cm³/mol. The lowest BCUT2D eigenvalue weighted by atomic mass is 9.81. The number of nitrogens with one attached hydrogen (secondary N) is 1. The van der Waals surface area contributed by atoms with E-state index in [1.165, 1.54) is 12.1 Å². The van der Waals surface area contributed by atoms with Crippen LogP contribution in [0.1, 0.15) is 31.7 Å². The molecule has 0 spiro atoms. The average Bonchev–Trinajstić information content (AvgIpc) is 3.08. The molecule has 1 heterocycles. The first-order valence-electron chi connectivity index (χ1n) is 8.38. The third-order valence-electron chi connectivity index (χ3n) is 5.71. The zero-order valence-corrected chi connectivity index (χ0v) is 14.0. The van der Waals surface area contributed by atoms with Crippen molar-refractivity contribution in [3.05, 3.63) is 29.6 Å². The van der Waals surface area contributed by atoms with Crippen molar-refractivity contribution in [2.45, 2.75) is 39.2 Å². The third kappa shape index (κ3) is 2.79. The fourth-order valence-electron chi connectivity index (χ4n) is 4.10. The molecular formula is C18H23FN2O3. The molecule has 1 aromatic rings. The second-order valence-electron chi connectivity index (χ2n) is 7.10. The van der Waals surface area contributed by atoms with Gasteiger partial charge < -0.3 is 10.4 Å². The SMILES string of the molecule is Cc1ccc(F)cc1NC(=O)C(C)N1C[C@@H]2CCC[C@@]2(C(=O)O)C1. The minimum Gasteiger partial charge on any atom is -0.481 e. The van der Waals surface area contributed by atoms with Crippen LogP contribution in [0.4, 0.5) is 10.1 Å². The predicted octanol–water partition coefficient (Wildman–Crippen LogP) is 2.65. The highest BCUT2D eigenvalue weighted by atomic mass is 19.1. The van der Waals surface area contributed by atoms with E-state index in [9.17, 15) is 19.1 Å². The molecule has 0 bridgehead atoms. The second-order valence-corrected chi connectivity index (χ2v) is 7.10. The molecular weight excluding hydrogens is 311 g/mol. The van der Waals surface area contributed by atoms with Gasteiger partial charge in [0.25, 0.3) is 0 Å². The van der Waals surface area contributed by atoms with Gasteiger partial charge in [-0.1, -0.05) is 12.5 Å². The first kappa shape index (κ1) is 16.9. The molecule has 0 aromatic heterocycles. The number of carboxylic acids is 1. The van der Waals surface area contributed by atoms with Crippen LogP contribution in [0.25, 0.3) is 0 Å². The summed E-state index contributed by atoms with van der Waals surface area (Å²) in [7, 11) is 0. The Morgan fingerprint density at radius 3 is 2.88 bits per heavy atom. The Bertz CT molecular complexity index is 678. The molecule has 1 amide bonds. The molecule has 0 radical (unpaired) electrons. The Kier molecular flexibility index (Phi) is 4.34. The molecule has 5 nitrogen and oxygen atoms in total. The number of amides is 1. The largest absolute Gasteiger partial charge is 0.481 e. The van der Waals surface area contributed by atoms with Gasteiger partial charge in [0.2, 0.25) is 5.91 Å². The Hall–Kier alpha value is -1.95. The molecule has 1 aliphatic carbocycles. The lowest BCUT2D eigenvalue weighted by Crippen LogP contribution is -2.43. The van der Waals surface area contributed by atoms with Crippen LogP contribution in [0.5, 0.6) is 0 Å². The number of benzene rings is 1. The maximum atomic E-state index is 13.4. The van der Waals surface area contributed by atoms with Crippen LogP contribution in [0, 0.1) is 24.1 Å². The first-order chi connectivity index (χ1) is 11.3. The number of likely N-dealkylation sites (tertiary alicyclic amines) is 1. The van der Waals surface area contributed by atoms with Crippen molar-refractivity contribution in [2.24, 2.45) is 11.3 Å². The van der Waals surface area contributed by atoms with Crippen molar-refractivity contribution in [2.75, 3.05) is 18.4 Å². The molecule has 2 fully saturated rings. The Labute approximate surface area is 140 Å². The molecule has 1 aromatic carbocycles. The monoisotopic (exact) mass is 334 g/mol. The number of hydrogen-bond acceptors (Lipinski definition) is 3. The number of aryl methyl sites for hydroxylation is 1. The minimum absolute atomic E-state index is 0.112. The van der Waals surface area contributed by atoms with E-state index >= 15 is 0 Å². The van der Waals surface area contributed by atoms with Crippen LogP contribution in [-0.4, -0.2) is 41.0 Å². The summed E-state index contributed by atoms with van der Waals surface area (Å²) < 4.78 is 13.4. The third-order valence-corrected chi connectivity index (χ3v) is 5.71. The van der Waals surface area contributed by atoms with Crippen LogP contribution in [0.3, 0.4) is 0 Å². The van der Waals surface area contributed by atoms with Gasteiger partial charge >= 0.3 is 5.97 Å². The lowest BCUT2D eigenvalue weighted by molar-refractivity contribution is -0.149. The second kappa shape index (κ2) is 6.16. The number of halogens is 1. The van der Waals surface area contributed by atoms with Gasteiger partial charge in [0.15, 0.2) is 0 Å². The molecule has 130 valence electrons. The van der Waals surface area contributed by atoms with Gasteiger partial charge in [-0.05, 0) is 50.3 Å². The summed E-state index contributed by atoms with van der Waals surface area (Å²) in [5.41, 5.74) is 0.542. The van der Waals surface area contributed by atoms with E-state index in [1.54, 1.807) is 19.9 Å². The Balaban J connectivity index is 1.71. The molecule has 6 heteroatoms. The Morgan fingerprint density at radius 2 is 2.21 bits per heavy atom. The van der Waals surface area contributed by atoms with Crippen LogP contribution in [0.15, 0.2) is 18.2 Å². The van der Waals surface area contributed by atoms with E-state index in [2.05, 4.69) is 5.32 Å². The molecule has 1 saturated carbocycles. The fourth-order valence-corrected chi connectivity index (χ4v) is 4.10. The number of fused-ring (bicyclic) bond motifs is 1. The highest BCUT2D eigenvalue weighted by molar-refractivity contribution is 5.95. The average molecular weight is 334 g/mol. The van der Waals surface area contributed by atoms with E-state index in [0.717, 1.165) is 18.4 Å². The molecule has 1 aliphatic heterocycles. The standard InChI is InChI=1S/C18H23FN2O3/c1-11-5-6-14(19)8-15(11)20-16(22)12(2)21-9-13-4-3-7-18(13,10-21)17(23)24/h5-6,8,12-13H,3-4,7,9-10H2,1-2H3,(H,20,22)(H,23,24)/t12?,13-,18+/m0/s1. The summed E-state index contributed by atoms with van der Waals surface area (Å²) >= 11 is 0. The maximum Gasteiger partial charge on any atom is 0.311 e. The minimum atomic E-state index is -0.749. The summed E-state index contributed by atoms with van der Waals surface area (Å²) in [5.74, 6) is -1.27. The quantitative estimate of drug-likeness (QED) is 0.888.